The first kappa shape index (κ1) is 19.7. The Kier molecular flexibility index (Phi) is 12.6. The van der Waals surface area contributed by atoms with Gasteiger partial charge in [0.05, 0.1) is 19.8 Å². The summed E-state index contributed by atoms with van der Waals surface area (Å²) in [5, 5.41) is 15.2. The Morgan fingerprint density at radius 2 is 1.67 bits per heavy atom. The van der Waals surface area contributed by atoms with Gasteiger partial charge in [-0.2, -0.15) is 0 Å². The van der Waals surface area contributed by atoms with Crippen molar-refractivity contribution in [3.8, 4) is 0 Å². The van der Waals surface area contributed by atoms with Crippen molar-refractivity contribution in [2.75, 3.05) is 19.8 Å². The molecule has 0 amide bonds. The fraction of sp³-hybridized carbons (Fsp3) is 0.929. The summed E-state index contributed by atoms with van der Waals surface area (Å²) in [5.74, 6) is 0.617. The molecule has 0 aliphatic carbocycles. The Bertz CT molecular complexity index is 192. The van der Waals surface area contributed by atoms with Crippen LogP contribution in [-0.4, -0.2) is 36.0 Å². The van der Waals surface area contributed by atoms with Crippen LogP contribution in [0.4, 0.5) is 0 Å². The van der Waals surface area contributed by atoms with Crippen molar-refractivity contribution >= 4 is 5.97 Å². The third kappa shape index (κ3) is 20.8. The van der Waals surface area contributed by atoms with Gasteiger partial charge in [-0.15, -0.1) is 0 Å². The number of hydrogen-bond donors (Lipinski definition) is 2. The van der Waals surface area contributed by atoms with Crippen LogP contribution in [0, 0.1) is 11.3 Å². The predicted molar refractivity (Wildman–Crippen MR) is 73.3 cm³/mol. The number of carbonyl (C=O) groups excluding carboxylic acids is 1. The van der Waals surface area contributed by atoms with E-state index >= 15 is 0 Å². The number of aliphatic hydroxyl groups is 2. The fourth-order valence-electron chi connectivity index (χ4n) is 1.02. The number of aliphatic hydroxyl groups excluding tert-OH is 2. The molecule has 0 unspecified atom stereocenters. The van der Waals surface area contributed by atoms with Crippen LogP contribution in [0.3, 0.4) is 0 Å². The lowest BCUT2D eigenvalue weighted by atomic mass is 9.99. The molecular weight excluding hydrogens is 232 g/mol. The first-order valence-electron chi connectivity index (χ1n) is 6.60. The highest BCUT2D eigenvalue weighted by Gasteiger charge is 2.13. The lowest BCUT2D eigenvalue weighted by Gasteiger charge is -2.17. The highest BCUT2D eigenvalue weighted by molar-refractivity contribution is 5.69. The van der Waals surface area contributed by atoms with Gasteiger partial charge in [0.25, 0.3) is 0 Å². The molecule has 0 spiro atoms. The molecule has 0 saturated heterocycles. The molecule has 0 atom stereocenters. The number of rotatable bonds is 6. The molecule has 0 rings (SSSR count). The number of hydrogen-bond acceptors (Lipinski definition) is 4. The molecule has 0 radical (unpaired) electrons. The van der Waals surface area contributed by atoms with Gasteiger partial charge in [-0.05, 0) is 17.8 Å². The normalized spacial score (nSPS) is 10.9. The monoisotopic (exact) mass is 262 g/mol. The van der Waals surface area contributed by atoms with Crippen LogP contribution in [0.1, 0.15) is 53.9 Å². The summed E-state index contributed by atoms with van der Waals surface area (Å²) in [6.45, 7) is 10.8. The number of carbonyl (C=O) groups is 1. The molecule has 18 heavy (non-hydrogen) atoms. The van der Waals surface area contributed by atoms with E-state index in [1.807, 2.05) is 0 Å². The highest BCUT2D eigenvalue weighted by atomic mass is 16.5. The quantitative estimate of drug-likeness (QED) is 0.721. The van der Waals surface area contributed by atoms with Crippen molar-refractivity contribution in [2.45, 2.75) is 53.9 Å². The first-order chi connectivity index (χ1) is 8.22. The van der Waals surface area contributed by atoms with Gasteiger partial charge in [0.1, 0.15) is 0 Å². The summed E-state index contributed by atoms with van der Waals surface area (Å²) < 4.78 is 5.15. The zero-order valence-corrected chi connectivity index (χ0v) is 12.5. The van der Waals surface area contributed by atoms with Crippen molar-refractivity contribution in [2.24, 2.45) is 11.3 Å². The average molecular weight is 262 g/mol. The van der Waals surface area contributed by atoms with E-state index in [0.717, 1.165) is 12.8 Å². The molecule has 0 aliphatic rings. The van der Waals surface area contributed by atoms with E-state index < -0.39 is 0 Å². The Morgan fingerprint density at radius 1 is 1.17 bits per heavy atom. The second-order valence-corrected chi connectivity index (χ2v) is 5.95. The lowest BCUT2D eigenvalue weighted by Crippen LogP contribution is -2.18. The minimum atomic E-state index is -0.125. The van der Waals surface area contributed by atoms with Crippen LogP contribution in [0.2, 0.25) is 0 Å². The van der Waals surface area contributed by atoms with Gasteiger partial charge in [-0.25, -0.2) is 0 Å². The van der Waals surface area contributed by atoms with Crippen LogP contribution < -0.4 is 0 Å². The molecule has 2 N–H and O–H groups in total. The average Bonchev–Trinajstić information content (AvgIpc) is 2.25. The standard InChI is InChI=1S/C12H24O2.C2H6O2/c1-10(2)7-6-8-11(13)14-9-12(3,4)5;3-1-2-4/h10H,6-9H2,1-5H3;3-4H,1-2H2. The number of esters is 1. The summed E-state index contributed by atoms with van der Waals surface area (Å²) in [6.07, 6.45) is 2.61. The van der Waals surface area contributed by atoms with Gasteiger partial charge in [0.2, 0.25) is 0 Å². The zero-order valence-electron chi connectivity index (χ0n) is 12.5. The number of ether oxygens (including phenoxy) is 1. The van der Waals surface area contributed by atoms with Gasteiger partial charge in [-0.1, -0.05) is 41.0 Å². The zero-order chi connectivity index (χ0) is 14.6. The predicted octanol–water partition coefficient (Wildman–Crippen LogP) is 2.37. The van der Waals surface area contributed by atoms with Crippen LogP contribution in [0.25, 0.3) is 0 Å². The summed E-state index contributed by atoms with van der Waals surface area (Å²) in [7, 11) is 0. The smallest absolute Gasteiger partial charge is 0.305 e. The topological polar surface area (TPSA) is 66.8 Å². The van der Waals surface area contributed by atoms with Crippen LogP contribution in [0.5, 0.6) is 0 Å². The van der Waals surface area contributed by atoms with Gasteiger partial charge in [-0.3, -0.25) is 4.79 Å². The van der Waals surface area contributed by atoms with E-state index in [2.05, 4.69) is 34.6 Å². The van der Waals surface area contributed by atoms with Crippen LogP contribution >= 0.6 is 0 Å². The lowest BCUT2D eigenvalue weighted by molar-refractivity contribution is -0.146. The van der Waals surface area contributed by atoms with E-state index in [1.54, 1.807) is 0 Å². The molecule has 0 aromatic rings. The van der Waals surface area contributed by atoms with Crippen molar-refractivity contribution in [3.05, 3.63) is 0 Å². The van der Waals surface area contributed by atoms with Gasteiger partial charge in [0, 0.05) is 6.42 Å². The van der Waals surface area contributed by atoms with Gasteiger partial charge < -0.3 is 14.9 Å². The molecule has 0 aromatic carbocycles. The van der Waals surface area contributed by atoms with Crippen molar-refractivity contribution < 1.29 is 19.7 Å². The van der Waals surface area contributed by atoms with E-state index in [-0.39, 0.29) is 24.6 Å². The van der Waals surface area contributed by atoms with E-state index in [0.29, 0.717) is 18.9 Å². The fourth-order valence-corrected chi connectivity index (χ4v) is 1.02. The Hall–Kier alpha value is -0.610. The largest absolute Gasteiger partial charge is 0.465 e. The summed E-state index contributed by atoms with van der Waals surface area (Å²) in [6, 6.07) is 0. The molecule has 0 bridgehead atoms. The Morgan fingerprint density at radius 3 is 2.00 bits per heavy atom. The molecule has 0 aromatic heterocycles. The molecule has 0 heterocycles. The van der Waals surface area contributed by atoms with Gasteiger partial charge in [0.15, 0.2) is 0 Å². The minimum absolute atomic E-state index is 0.0550. The van der Waals surface area contributed by atoms with Crippen molar-refractivity contribution in [3.63, 3.8) is 0 Å². The van der Waals surface area contributed by atoms with Crippen LogP contribution in [-0.2, 0) is 9.53 Å². The molecule has 0 aliphatic heterocycles. The summed E-state index contributed by atoms with van der Waals surface area (Å²) >= 11 is 0. The van der Waals surface area contributed by atoms with Crippen LogP contribution in [0.15, 0.2) is 0 Å². The SMILES string of the molecule is CC(C)CCCC(=O)OCC(C)(C)C.OCCO. The third-order valence-electron chi connectivity index (χ3n) is 1.93. The van der Waals surface area contributed by atoms with E-state index in [4.69, 9.17) is 14.9 Å². The van der Waals surface area contributed by atoms with E-state index in [1.165, 1.54) is 0 Å². The highest BCUT2D eigenvalue weighted by Crippen LogP contribution is 2.14. The molecule has 0 saturated carbocycles. The maximum Gasteiger partial charge on any atom is 0.305 e. The molecule has 0 fully saturated rings. The minimum Gasteiger partial charge on any atom is -0.465 e. The molecule has 110 valence electrons. The molecule has 4 nitrogen and oxygen atoms in total. The Balaban J connectivity index is 0. The van der Waals surface area contributed by atoms with Gasteiger partial charge >= 0.3 is 5.97 Å². The van der Waals surface area contributed by atoms with Crippen molar-refractivity contribution in [1.29, 1.82) is 0 Å². The summed E-state index contributed by atoms with van der Waals surface area (Å²) in [5.41, 5.74) is 0.0771. The molecular formula is C14H30O4. The van der Waals surface area contributed by atoms with Crippen molar-refractivity contribution in [1.82, 2.24) is 0 Å². The second-order valence-electron chi connectivity index (χ2n) is 5.95. The van der Waals surface area contributed by atoms with E-state index in [9.17, 15) is 4.79 Å². The first-order valence-corrected chi connectivity index (χ1v) is 6.60. The Labute approximate surface area is 111 Å². The third-order valence-corrected chi connectivity index (χ3v) is 1.93. The second kappa shape index (κ2) is 11.5. The summed E-state index contributed by atoms with van der Waals surface area (Å²) in [4.78, 5) is 11.2. The maximum atomic E-state index is 11.2. The molecule has 4 heteroatoms. The maximum absolute atomic E-state index is 11.2.